The van der Waals surface area contributed by atoms with Gasteiger partial charge in [-0.1, -0.05) is 0 Å². The summed E-state index contributed by atoms with van der Waals surface area (Å²) in [6.45, 7) is 1.07. The Bertz CT molecular complexity index is 338. The number of aromatic nitrogens is 2. The zero-order valence-corrected chi connectivity index (χ0v) is 9.79. The monoisotopic (exact) mass is 251 g/mol. The number of hydrogen-bond donors (Lipinski definition) is 1. The van der Waals surface area contributed by atoms with Gasteiger partial charge in [-0.3, -0.25) is 4.68 Å². The standard InChI is InChI=1S/C10H16F3N3O/c1-8(14-2)9-5-15-16(6-9)3-4-17-7-10(11,12)13/h5-6,8,14H,3-4,7H2,1-2H3. The Morgan fingerprint density at radius 2 is 2.24 bits per heavy atom. The summed E-state index contributed by atoms with van der Waals surface area (Å²) in [6, 6.07) is 0.167. The zero-order valence-electron chi connectivity index (χ0n) is 9.79. The van der Waals surface area contributed by atoms with Crippen LogP contribution >= 0.6 is 0 Å². The second-order valence-electron chi connectivity index (χ2n) is 3.71. The summed E-state index contributed by atoms with van der Waals surface area (Å²) in [5.74, 6) is 0. The highest BCUT2D eigenvalue weighted by Crippen LogP contribution is 2.14. The van der Waals surface area contributed by atoms with Crippen LogP contribution in [0.2, 0.25) is 0 Å². The van der Waals surface area contributed by atoms with E-state index < -0.39 is 12.8 Å². The summed E-state index contributed by atoms with van der Waals surface area (Å²) in [7, 11) is 1.83. The summed E-state index contributed by atoms with van der Waals surface area (Å²) in [5, 5.41) is 7.08. The van der Waals surface area contributed by atoms with Crippen molar-refractivity contribution in [1.29, 1.82) is 0 Å². The third-order valence-corrected chi connectivity index (χ3v) is 2.32. The summed E-state index contributed by atoms with van der Waals surface area (Å²) in [5.41, 5.74) is 0.989. The van der Waals surface area contributed by atoms with E-state index in [-0.39, 0.29) is 12.6 Å². The first-order chi connectivity index (χ1) is 7.92. The second kappa shape index (κ2) is 6.02. The molecule has 1 aromatic heterocycles. The fraction of sp³-hybridized carbons (Fsp3) is 0.700. The number of rotatable bonds is 6. The van der Waals surface area contributed by atoms with Crippen molar-refractivity contribution in [1.82, 2.24) is 15.1 Å². The van der Waals surface area contributed by atoms with E-state index in [0.717, 1.165) is 5.56 Å². The molecule has 1 unspecified atom stereocenters. The van der Waals surface area contributed by atoms with Crippen LogP contribution in [-0.4, -0.2) is 36.2 Å². The molecule has 0 aliphatic heterocycles. The second-order valence-corrected chi connectivity index (χ2v) is 3.71. The van der Waals surface area contributed by atoms with Gasteiger partial charge in [-0.05, 0) is 14.0 Å². The number of nitrogens with zero attached hydrogens (tertiary/aromatic N) is 2. The molecular weight excluding hydrogens is 235 g/mol. The van der Waals surface area contributed by atoms with E-state index >= 15 is 0 Å². The third-order valence-electron chi connectivity index (χ3n) is 2.32. The lowest BCUT2D eigenvalue weighted by Gasteiger charge is -2.08. The van der Waals surface area contributed by atoms with E-state index in [2.05, 4.69) is 15.2 Å². The molecule has 98 valence electrons. The molecule has 0 saturated heterocycles. The fourth-order valence-corrected chi connectivity index (χ4v) is 1.24. The van der Waals surface area contributed by atoms with Crippen molar-refractivity contribution in [3.8, 4) is 0 Å². The Kier molecular flexibility index (Phi) is 4.95. The number of ether oxygens (including phenoxy) is 1. The molecule has 1 aromatic rings. The van der Waals surface area contributed by atoms with Crippen LogP contribution in [0.4, 0.5) is 13.2 Å². The van der Waals surface area contributed by atoms with E-state index in [0.29, 0.717) is 6.54 Å². The average molecular weight is 251 g/mol. The van der Waals surface area contributed by atoms with Gasteiger partial charge >= 0.3 is 6.18 Å². The van der Waals surface area contributed by atoms with Crippen LogP contribution in [0.5, 0.6) is 0 Å². The van der Waals surface area contributed by atoms with Crippen molar-refractivity contribution in [2.75, 3.05) is 20.3 Å². The lowest BCUT2D eigenvalue weighted by Crippen LogP contribution is -2.19. The Balaban J connectivity index is 2.30. The Hall–Kier alpha value is -1.08. The minimum Gasteiger partial charge on any atom is -0.370 e. The highest BCUT2D eigenvalue weighted by Gasteiger charge is 2.27. The minimum absolute atomic E-state index is 0.00539. The molecular formula is C10H16F3N3O. The Labute approximate surface area is 97.8 Å². The van der Waals surface area contributed by atoms with Crippen LogP contribution in [0.15, 0.2) is 12.4 Å². The largest absolute Gasteiger partial charge is 0.411 e. The first-order valence-corrected chi connectivity index (χ1v) is 5.26. The molecule has 1 atom stereocenters. The van der Waals surface area contributed by atoms with Crippen molar-refractivity contribution in [2.45, 2.75) is 25.7 Å². The molecule has 0 aliphatic rings. The van der Waals surface area contributed by atoms with E-state index in [1.807, 2.05) is 14.0 Å². The van der Waals surface area contributed by atoms with Crippen molar-refractivity contribution < 1.29 is 17.9 Å². The van der Waals surface area contributed by atoms with Gasteiger partial charge in [-0.2, -0.15) is 18.3 Å². The van der Waals surface area contributed by atoms with Crippen molar-refractivity contribution >= 4 is 0 Å². The molecule has 0 aromatic carbocycles. The minimum atomic E-state index is -4.27. The van der Waals surface area contributed by atoms with Gasteiger partial charge in [0.1, 0.15) is 6.61 Å². The summed E-state index contributed by atoms with van der Waals surface area (Å²) in [4.78, 5) is 0. The van der Waals surface area contributed by atoms with Gasteiger partial charge in [0.15, 0.2) is 0 Å². The maximum atomic E-state index is 11.8. The SMILES string of the molecule is CNC(C)c1cnn(CCOCC(F)(F)F)c1. The molecule has 0 spiro atoms. The van der Waals surface area contributed by atoms with E-state index in [1.54, 1.807) is 17.1 Å². The van der Waals surface area contributed by atoms with Crippen molar-refractivity contribution in [2.24, 2.45) is 0 Å². The molecule has 0 amide bonds. The summed E-state index contributed by atoms with van der Waals surface area (Å²) >= 11 is 0. The molecule has 1 rings (SSSR count). The topological polar surface area (TPSA) is 39.1 Å². The van der Waals surface area contributed by atoms with Gasteiger partial charge in [0.2, 0.25) is 0 Å². The molecule has 1 heterocycles. The predicted molar refractivity (Wildman–Crippen MR) is 56.6 cm³/mol. The lowest BCUT2D eigenvalue weighted by molar-refractivity contribution is -0.174. The van der Waals surface area contributed by atoms with Gasteiger partial charge in [0.25, 0.3) is 0 Å². The van der Waals surface area contributed by atoms with E-state index in [4.69, 9.17) is 0 Å². The molecule has 17 heavy (non-hydrogen) atoms. The molecule has 0 radical (unpaired) electrons. The molecule has 7 heteroatoms. The van der Waals surface area contributed by atoms with Gasteiger partial charge in [-0.25, -0.2) is 0 Å². The van der Waals surface area contributed by atoms with E-state index in [9.17, 15) is 13.2 Å². The Morgan fingerprint density at radius 1 is 1.53 bits per heavy atom. The third kappa shape index (κ3) is 5.18. The zero-order chi connectivity index (χ0) is 12.9. The van der Waals surface area contributed by atoms with Crippen LogP contribution < -0.4 is 5.32 Å². The van der Waals surface area contributed by atoms with Crippen LogP contribution in [-0.2, 0) is 11.3 Å². The summed E-state index contributed by atoms with van der Waals surface area (Å²) < 4.78 is 41.4. The van der Waals surface area contributed by atoms with Crippen LogP contribution in [0.3, 0.4) is 0 Å². The highest BCUT2D eigenvalue weighted by molar-refractivity contribution is 5.08. The van der Waals surface area contributed by atoms with Crippen LogP contribution in [0.25, 0.3) is 0 Å². The van der Waals surface area contributed by atoms with E-state index in [1.165, 1.54) is 0 Å². The predicted octanol–water partition coefficient (Wildman–Crippen LogP) is 1.74. The van der Waals surface area contributed by atoms with Gasteiger partial charge in [-0.15, -0.1) is 0 Å². The molecule has 4 nitrogen and oxygen atoms in total. The number of alkyl halides is 3. The first kappa shape index (κ1) is 14.0. The highest BCUT2D eigenvalue weighted by atomic mass is 19.4. The van der Waals surface area contributed by atoms with Gasteiger partial charge < -0.3 is 10.1 Å². The maximum Gasteiger partial charge on any atom is 0.411 e. The van der Waals surface area contributed by atoms with Crippen LogP contribution in [0, 0.1) is 0 Å². The molecule has 0 saturated carbocycles. The number of hydrogen-bond acceptors (Lipinski definition) is 3. The normalized spacial score (nSPS) is 13.9. The average Bonchev–Trinajstić information content (AvgIpc) is 2.70. The molecule has 0 aliphatic carbocycles. The molecule has 1 N–H and O–H groups in total. The molecule has 0 fully saturated rings. The summed E-state index contributed by atoms with van der Waals surface area (Å²) in [6.07, 6.45) is -0.793. The Morgan fingerprint density at radius 3 is 2.82 bits per heavy atom. The first-order valence-electron chi connectivity index (χ1n) is 5.26. The lowest BCUT2D eigenvalue weighted by atomic mass is 10.2. The maximum absolute atomic E-state index is 11.8. The van der Waals surface area contributed by atoms with Crippen LogP contribution in [0.1, 0.15) is 18.5 Å². The van der Waals surface area contributed by atoms with Crippen molar-refractivity contribution in [3.05, 3.63) is 18.0 Å². The smallest absolute Gasteiger partial charge is 0.370 e. The van der Waals surface area contributed by atoms with Crippen molar-refractivity contribution in [3.63, 3.8) is 0 Å². The van der Waals surface area contributed by atoms with Gasteiger partial charge in [0.05, 0.1) is 19.3 Å². The van der Waals surface area contributed by atoms with Gasteiger partial charge in [0, 0.05) is 17.8 Å². The quantitative estimate of drug-likeness (QED) is 0.783. The molecule has 0 bridgehead atoms. The number of nitrogens with one attached hydrogen (secondary N) is 1. The fourth-order valence-electron chi connectivity index (χ4n) is 1.24. The number of halogens is 3.